The van der Waals surface area contributed by atoms with Gasteiger partial charge in [-0.2, -0.15) is 0 Å². The highest BCUT2D eigenvalue weighted by Gasteiger charge is 2.14. The second-order valence-electron chi connectivity index (χ2n) is 1.04. The Balaban J connectivity index is 3.64. The Morgan fingerprint density at radius 1 is 1.44 bits per heavy atom. The molecule has 0 saturated carbocycles. The number of carbonyl (C=O) groups is 2. The number of ether oxygens (including phenoxy) is 1. The molecule has 0 aliphatic carbocycles. The van der Waals surface area contributed by atoms with Crippen LogP contribution in [0.2, 0.25) is 0 Å². The Hall–Kier alpha value is -0.480. The quantitative estimate of drug-likeness (QED) is 0.353. The molecule has 0 aromatic carbocycles. The van der Waals surface area contributed by atoms with Gasteiger partial charge in [0.25, 0.3) is 0 Å². The van der Waals surface area contributed by atoms with Gasteiger partial charge in [-0.05, 0) is 0 Å². The first kappa shape index (κ1) is 8.52. The summed E-state index contributed by atoms with van der Waals surface area (Å²) in [6.07, 6.45) is -1.22. The number of halogens is 2. The summed E-state index contributed by atoms with van der Waals surface area (Å²) in [5.74, 6) is -1.06. The molecule has 2 N–H and O–H groups in total. The molecule has 0 unspecified atom stereocenters. The van der Waals surface area contributed by atoms with Crippen molar-refractivity contribution >= 4 is 35.3 Å². The van der Waals surface area contributed by atoms with Crippen molar-refractivity contribution in [2.45, 2.75) is 4.84 Å². The summed E-state index contributed by atoms with van der Waals surface area (Å²) in [4.78, 5) is 18.6. The third-order valence-electron chi connectivity index (χ3n) is 0.379. The minimum absolute atomic E-state index is 1.06. The van der Waals surface area contributed by atoms with Crippen LogP contribution < -0.4 is 5.73 Å². The first-order valence-corrected chi connectivity index (χ1v) is 2.70. The normalized spacial score (nSPS) is 9.22. The number of hydrogen-bond donors (Lipinski definition) is 1. The molecule has 4 nitrogen and oxygen atoms in total. The van der Waals surface area contributed by atoms with E-state index in [0.29, 0.717) is 0 Å². The van der Waals surface area contributed by atoms with Gasteiger partial charge in [0.1, 0.15) is 0 Å². The minimum atomic E-state index is -1.36. The fourth-order valence-electron chi connectivity index (χ4n) is 0.144. The Bertz CT molecular complexity index is 135. The zero-order chi connectivity index (χ0) is 7.44. The molecule has 9 heavy (non-hydrogen) atoms. The average molecular weight is 172 g/mol. The van der Waals surface area contributed by atoms with Crippen LogP contribution in [0.5, 0.6) is 0 Å². The van der Waals surface area contributed by atoms with Crippen molar-refractivity contribution < 1.29 is 14.3 Å². The lowest BCUT2D eigenvalue weighted by atomic mass is 10.8. The standard InChI is InChI=1S/C3H3Cl2NO3/c4-1(5)2(7)9-3(6)8/h1H,(H2,6,8). The van der Waals surface area contributed by atoms with Gasteiger partial charge < -0.3 is 10.5 Å². The van der Waals surface area contributed by atoms with Crippen molar-refractivity contribution in [3.05, 3.63) is 0 Å². The minimum Gasteiger partial charge on any atom is -0.374 e. The fraction of sp³-hybridized carbons (Fsp3) is 0.333. The number of rotatable bonds is 1. The Kier molecular flexibility index (Phi) is 3.34. The third kappa shape index (κ3) is 4.05. The van der Waals surface area contributed by atoms with Gasteiger partial charge >= 0.3 is 12.1 Å². The highest BCUT2D eigenvalue weighted by molar-refractivity contribution is 6.53. The van der Waals surface area contributed by atoms with E-state index < -0.39 is 16.9 Å². The van der Waals surface area contributed by atoms with Crippen LogP contribution in [0.3, 0.4) is 0 Å². The maximum Gasteiger partial charge on any atom is 0.412 e. The lowest BCUT2D eigenvalue weighted by Crippen LogP contribution is -2.22. The first-order chi connectivity index (χ1) is 4.04. The molecule has 0 saturated heterocycles. The molecule has 0 aromatic rings. The van der Waals surface area contributed by atoms with Crippen molar-refractivity contribution in [3.8, 4) is 0 Å². The van der Waals surface area contributed by atoms with E-state index in [4.69, 9.17) is 23.2 Å². The van der Waals surface area contributed by atoms with Crippen LogP contribution in [0.1, 0.15) is 0 Å². The average Bonchev–Trinajstić information content (AvgIpc) is 1.63. The van der Waals surface area contributed by atoms with Crippen molar-refractivity contribution in [1.82, 2.24) is 0 Å². The molecular formula is C3H3Cl2NO3. The lowest BCUT2D eigenvalue weighted by Gasteiger charge is -1.96. The van der Waals surface area contributed by atoms with Crippen LogP contribution in [0.4, 0.5) is 4.79 Å². The van der Waals surface area contributed by atoms with Gasteiger partial charge in [0, 0.05) is 0 Å². The van der Waals surface area contributed by atoms with E-state index in [0.717, 1.165) is 0 Å². The highest BCUT2D eigenvalue weighted by Crippen LogP contribution is 2.02. The van der Waals surface area contributed by atoms with Crippen molar-refractivity contribution in [2.24, 2.45) is 5.73 Å². The van der Waals surface area contributed by atoms with Gasteiger partial charge in [0.15, 0.2) is 0 Å². The van der Waals surface area contributed by atoms with Crippen LogP contribution in [0, 0.1) is 0 Å². The predicted molar refractivity (Wildman–Crippen MR) is 31.2 cm³/mol. The van der Waals surface area contributed by atoms with Gasteiger partial charge in [0.2, 0.25) is 4.84 Å². The molecular weight excluding hydrogens is 169 g/mol. The van der Waals surface area contributed by atoms with Crippen molar-refractivity contribution in [3.63, 3.8) is 0 Å². The molecule has 0 rings (SSSR count). The zero-order valence-corrected chi connectivity index (χ0v) is 5.65. The summed E-state index contributed by atoms with van der Waals surface area (Å²) in [5, 5.41) is 0. The largest absolute Gasteiger partial charge is 0.412 e. The molecule has 52 valence electrons. The van der Waals surface area contributed by atoms with Crippen LogP contribution in [0.25, 0.3) is 0 Å². The summed E-state index contributed by atoms with van der Waals surface area (Å²) in [6.45, 7) is 0. The van der Waals surface area contributed by atoms with Gasteiger partial charge in [-0.25, -0.2) is 9.59 Å². The molecule has 0 aromatic heterocycles. The smallest absolute Gasteiger partial charge is 0.374 e. The highest BCUT2D eigenvalue weighted by atomic mass is 35.5. The van der Waals surface area contributed by atoms with E-state index in [2.05, 4.69) is 10.5 Å². The predicted octanol–water partition coefficient (Wildman–Crippen LogP) is 0.412. The van der Waals surface area contributed by atoms with Crippen LogP contribution in [-0.4, -0.2) is 16.9 Å². The van der Waals surface area contributed by atoms with Crippen LogP contribution in [-0.2, 0) is 9.53 Å². The van der Waals surface area contributed by atoms with E-state index >= 15 is 0 Å². The second-order valence-corrected chi connectivity index (χ2v) is 2.14. The Morgan fingerprint density at radius 3 is 2.00 bits per heavy atom. The molecule has 0 atom stereocenters. The molecule has 1 amide bonds. The molecule has 6 heteroatoms. The monoisotopic (exact) mass is 171 g/mol. The Labute approximate surface area is 60.9 Å². The number of primary amides is 1. The van der Waals surface area contributed by atoms with E-state index in [1.54, 1.807) is 0 Å². The molecule has 0 spiro atoms. The van der Waals surface area contributed by atoms with E-state index in [-0.39, 0.29) is 0 Å². The third-order valence-corrected chi connectivity index (χ3v) is 0.736. The number of nitrogens with two attached hydrogens (primary N) is 1. The number of amides is 1. The van der Waals surface area contributed by atoms with E-state index in [1.165, 1.54) is 0 Å². The van der Waals surface area contributed by atoms with E-state index in [1.807, 2.05) is 0 Å². The van der Waals surface area contributed by atoms with Crippen molar-refractivity contribution in [1.29, 1.82) is 0 Å². The molecule has 0 fully saturated rings. The summed E-state index contributed by atoms with van der Waals surface area (Å²) in [6, 6.07) is 0. The number of alkyl halides is 2. The maximum atomic E-state index is 10.2. The molecule has 0 bridgehead atoms. The van der Waals surface area contributed by atoms with Gasteiger partial charge in [0.05, 0.1) is 0 Å². The number of esters is 1. The SMILES string of the molecule is NC(=O)OC(=O)C(Cl)Cl. The molecule has 0 radical (unpaired) electrons. The Morgan fingerprint density at radius 2 is 1.89 bits per heavy atom. The van der Waals surface area contributed by atoms with E-state index in [9.17, 15) is 9.59 Å². The summed E-state index contributed by atoms with van der Waals surface area (Å²) >= 11 is 9.91. The summed E-state index contributed by atoms with van der Waals surface area (Å²) < 4.78 is 3.75. The van der Waals surface area contributed by atoms with Gasteiger partial charge in [-0.3, -0.25) is 0 Å². The number of hydrogen-bond acceptors (Lipinski definition) is 3. The first-order valence-electron chi connectivity index (χ1n) is 1.83. The summed E-state index contributed by atoms with van der Waals surface area (Å²) in [5.41, 5.74) is 4.43. The summed E-state index contributed by atoms with van der Waals surface area (Å²) in [7, 11) is 0. The maximum absolute atomic E-state index is 10.2. The molecule has 0 aliphatic heterocycles. The topological polar surface area (TPSA) is 69.4 Å². The van der Waals surface area contributed by atoms with Gasteiger partial charge in [-0.1, -0.05) is 23.2 Å². The zero-order valence-electron chi connectivity index (χ0n) is 4.14. The van der Waals surface area contributed by atoms with Crippen molar-refractivity contribution in [2.75, 3.05) is 0 Å². The van der Waals surface area contributed by atoms with Crippen LogP contribution in [0.15, 0.2) is 0 Å². The molecule has 0 heterocycles. The second kappa shape index (κ2) is 3.53. The lowest BCUT2D eigenvalue weighted by molar-refractivity contribution is -0.135. The van der Waals surface area contributed by atoms with Crippen LogP contribution >= 0.6 is 23.2 Å². The fourth-order valence-corrected chi connectivity index (χ4v) is 0.233. The molecule has 0 aliphatic rings. The van der Waals surface area contributed by atoms with Gasteiger partial charge in [-0.15, -0.1) is 0 Å². The number of carbonyl (C=O) groups excluding carboxylic acids is 2.